The van der Waals surface area contributed by atoms with E-state index >= 15 is 0 Å². The van der Waals surface area contributed by atoms with Gasteiger partial charge < -0.3 is 19.5 Å². The van der Waals surface area contributed by atoms with Crippen molar-refractivity contribution in [3.8, 4) is 17.2 Å². The average Bonchev–Trinajstić information content (AvgIpc) is 2.54. The number of amides is 1. The highest BCUT2D eigenvalue weighted by Gasteiger charge is 2.21. The molecular weight excluding hydrogens is 270 g/mol. The summed E-state index contributed by atoms with van der Waals surface area (Å²) >= 11 is 0. The smallest absolute Gasteiger partial charge is 0.255 e. The minimum absolute atomic E-state index is 0.125. The van der Waals surface area contributed by atoms with Gasteiger partial charge in [-0.15, -0.1) is 0 Å². The molecule has 1 N–H and O–H groups in total. The zero-order chi connectivity index (χ0) is 15.2. The number of carbonyl (C=O) groups is 1. The van der Waals surface area contributed by atoms with Crippen molar-refractivity contribution in [1.29, 1.82) is 0 Å². The van der Waals surface area contributed by atoms with Gasteiger partial charge in [-0.3, -0.25) is 4.79 Å². The number of methoxy groups -OCH3 is 3. The Balaban J connectivity index is 2.21. The second-order valence-electron chi connectivity index (χ2n) is 5.22. The van der Waals surface area contributed by atoms with Crippen molar-refractivity contribution in [1.82, 2.24) is 5.32 Å². The van der Waals surface area contributed by atoms with E-state index in [0.717, 1.165) is 12.8 Å². The SMILES string of the molecule is COc1cc(OC)c(C(=O)NC2CCCCC2)cc1OC. The molecule has 1 amide bonds. The van der Waals surface area contributed by atoms with Crippen LogP contribution in [0.5, 0.6) is 17.2 Å². The van der Waals surface area contributed by atoms with E-state index in [1.54, 1.807) is 33.5 Å². The first-order valence-electron chi connectivity index (χ1n) is 7.30. The molecule has 0 aromatic heterocycles. The van der Waals surface area contributed by atoms with Crippen LogP contribution in [0.25, 0.3) is 0 Å². The summed E-state index contributed by atoms with van der Waals surface area (Å²) in [6.45, 7) is 0. The summed E-state index contributed by atoms with van der Waals surface area (Å²) in [6.07, 6.45) is 5.69. The van der Waals surface area contributed by atoms with Gasteiger partial charge in [0, 0.05) is 18.2 Å². The maximum Gasteiger partial charge on any atom is 0.255 e. The second kappa shape index (κ2) is 7.20. The van der Waals surface area contributed by atoms with Crippen molar-refractivity contribution >= 4 is 5.91 Å². The fourth-order valence-corrected chi connectivity index (χ4v) is 2.72. The number of benzene rings is 1. The van der Waals surface area contributed by atoms with Crippen molar-refractivity contribution in [2.45, 2.75) is 38.1 Å². The van der Waals surface area contributed by atoms with Crippen LogP contribution < -0.4 is 19.5 Å². The maximum atomic E-state index is 12.5. The van der Waals surface area contributed by atoms with Crippen molar-refractivity contribution in [2.24, 2.45) is 0 Å². The lowest BCUT2D eigenvalue weighted by atomic mass is 9.95. The number of hydrogen-bond acceptors (Lipinski definition) is 4. The van der Waals surface area contributed by atoms with E-state index in [2.05, 4.69) is 5.32 Å². The summed E-state index contributed by atoms with van der Waals surface area (Å²) in [7, 11) is 4.64. The minimum Gasteiger partial charge on any atom is -0.496 e. The molecule has 0 bridgehead atoms. The Hall–Kier alpha value is -1.91. The molecule has 0 spiro atoms. The topological polar surface area (TPSA) is 56.8 Å². The number of nitrogens with one attached hydrogen (secondary N) is 1. The van der Waals surface area contributed by atoms with Crippen molar-refractivity contribution in [2.75, 3.05) is 21.3 Å². The van der Waals surface area contributed by atoms with E-state index in [1.165, 1.54) is 19.3 Å². The monoisotopic (exact) mass is 293 g/mol. The van der Waals surface area contributed by atoms with Gasteiger partial charge >= 0.3 is 0 Å². The number of carbonyl (C=O) groups excluding carboxylic acids is 1. The number of ether oxygens (including phenoxy) is 3. The molecular formula is C16H23NO4. The molecule has 0 unspecified atom stereocenters. The fourth-order valence-electron chi connectivity index (χ4n) is 2.72. The molecule has 1 saturated carbocycles. The summed E-state index contributed by atoms with van der Waals surface area (Å²) in [5.41, 5.74) is 0.473. The summed E-state index contributed by atoms with van der Waals surface area (Å²) in [4.78, 5) is 12.5. The fraction of sp³-hybridized carbons (Fsp3) is 0.562. The largest absolute Gasteiger partial charge is 0.496 e. The zero-order valence-corrected chi connectivity index (χ0v) is 12.9. The van der Waals surface area contributed by atoms with E-state index < -0.39 is 0 Å². The van der Waals surface area contributed by atoms with Crippen molar-refractivity contribution < 1.29 is 19.0 Å². The first-order valence-corrected chi connectivity index (χ1v) is 7.30. The van der Waals surface area contributed by atoms with Crippen molar-refractivity contribution in [3.63, 3.8) is 0 Å². The molecule has 0 radical (unpaired) electrons. The standard InChI is InChI=1S/C16H23NO4/c1-19-13-10-15(21-3)14(20-2)9-12(13)16(18)17-11-7-5-4-6-8-11/h9-11H,4-8H2,1-3H3,(H,17,18). The Morgan fingerprint density at radius 1 is 0.952 bits per heavy atom. The van der Waals surface area contributed by atoms with Gasteiger partial charge in [-0.25, -0.2) is 0 Å². The van der Waals surface area contributed by atoms with Crippen LogP contribution in [0.15, 0.2) is 12.1 Å². The van der Waals surface area contributed by atoms with Crippen LogP contribution in [0.2, 0.25) is 0 Å². The van der Waals surface area contributed by atoms with E-state index in [1.807, 2.05) is 0 Å². The van der Waals surface area contributed by atoms with Gasteiger partial charge in [0.25, 0.3) is 5.91 Å². The Morgan fingerprint density at radius 3 is 2.10 bits per heavy atom. The van der Waals surface area contributed by atoms with Gasteiger partial charge in [0.05, 0.1) is 26.9 Å². The van der Waals surface area contributed by atoms with Gasteiger partial charge in [-0.05, 0) is 12.8 Å². The number of hydrogen-bond donors (Lipinski definition) is 1. The molecule has 0 aliphatic heterocycles. The van der Waals surface area contributed by atoms with Gasteiger partial charge in [-0.2, -0.15) is 0 Å². The predicted octanol–water partition coefficient (Wildman–Crippen LogP) is 2.77. The van der Waals surface area contributed by atoms with Crippen LogP contribution in [-0.2, 0) is 0 Å². The lowest BCUT2D eigenvalue weighted by Crippen LogP contribution is -2.36. The Kier molecular flexibility index (Phi) is 5.31. The lowest BCUT2D eigenvalue weighted by molar-refractivity contribution is 0.0924. The first-order chi connectivity index (χ1) is 10.2. The number of rotatable bonds is 5. The predicted molar refractivity (Wildman–Crippen MR) is 80.4 cm³/mol. The van der Waals surface area contributed by atoms with Crippen LogP contribution >= 0.6 is 0 Å². The van der Waals surface area contributed by atoms with Crippen molar-refractivity contribution in [3.05, 3.63) is 17.7 Å². The quantitative estimate of drug-likeness (QED) is 0.907. The Labute approximate surface area is 125 Å². The van der Waals surface area contributed by atoms with E-state index in [0.29, 0.717) is 22.8 Å². The van der Waals surface area contributed by atoms with E-state index in [9.17, 15) is 4.79 Å². The lowest BCUT2D eigenvalue weighted by Gasteiger charge is -2.23. The molecule has 0 heterocycles. The molecule has 1 fully saturated rings. The summed E-state index contributed by atoms with van der Waals surface area (Å²) in [6, 6.07) is 3.59. The molecule has 1 aliphatic rings. The Bertz CT molecular complexity index is 495. The average molecular weight is 293 g/mol. The van der Waals surface area contributed by atoms with E-state index in [4.69, 9.17) is 14.2 Å². The van der Waals surface area contributed by atoms with Gasteiger partial charge in [0.2, 0.25) is 0 Å². The van der Waals surface area contributed by atoms with Gasteiger partial charge in [0.15, 0.2) is 11.5 Å². The minimum atomic E-state index is -0.125. The summed E-state index contributed by atoms with van der Waals surface area (Å²) in [5, 5.41) is 3.08. The first kappa shape index (κ1) is 15.5. The molecule has 2 rings (SSSR count). The van der Waals surface area contributed by atoms with Gasteiger partial charge in [0.1, 0.15) is 5.75 Å². The molecule has 0 saturated heterocycles. The molecule has 0 atom stereocenters. The van der Waals surface area contributed by atoms with Crippen LogP contribution in [0.1, 0.15) is 42.5 Å². The molecule has 1 aromatic rings. The van der Waals surface area contributed by atoms with Crippen LogP contribution in [0, 0.1) is 0 Å². The van der Waals surface area contributed by atoms with Crippen LogP contribution in [-0.4, -0.2) is 33.3 Å². The molecule has 21 heavy (non-hydrogen) atoms. The Morgan fingerprint density at radius 2 is 1.52 bits per heavy atom. The van der Waals surface area contributed by atoms with Crippen LogP contribution in [0.4, 0.5) is 0 Å². The third kappa shape index (κ3) is 3.60. The molecule has 116 valence electrons. The van der Waals surface area contributed by atoms with Crippen LogP contribution in [0.3, 0.4) is 0 Å². The highest BCUT2D eigenvalue weighted by Crippen LogP contribution is 2.34. The third-order valence-electron chi connectivity index (χ3n) is 3.89. The second-order valence-corrected chi connectivity index (χ2v) is 5.22. The molecule has 5 nitrogen and oxygen atoms in total. The zero-order valence-electron chi connectivity index (χ0n) is 12.9. The highest BCUT2D eigenvalue weighted by atomic mass is 16.5. The molecule has 1 aromatic carbocycles. The normalized spacial score (nSPS) is 15.4. The summed E-state index contributed by atoms with van der Waals surface area (Å²) in [5.74, 6) is 1.43. The molecule has 5 heteroatoms. The third-order valence-corrected chi connectivity index (χ3v) is 3.89. The maximum absolute atomic E-state index is 12.5. The van der Waals surface area contributed by atoms with E-state index in [-0.39, 0.29) is 11.9 Å². The molecule has 1 aliphatic carbocycles. The highest BCUT2D eigenvalue weighted by molar-refractivity contribution is 5.98. The summed E-state index contributed by atoms with van der Waals surface area (Å²) < 4.78 is 15.8. The van der Waals surface area contributed by atoms with Gasteiger partial charge in [-0.1, -0.05) is 19.3 Å².